The van der Waals surface area contributed by atoms with Crippen molar-refractivity contribution in [2.75, 3.05) is 12.4 Å². The Bertz CT molecular complexity index is 893. The van der Waals surface area contributed by atoms with Gasteiger partial charge in [-0.25, -0.2) is 4.98 Å². The predicted molar refractivity (Wildman–Crippen MR) is 93.9 cm³/mol. The summed E-state index contributed by atoms with van der Waals surface area (Å²) in [7, 11) is 1.50. The van der Waals surface area contributed by atoms with Crippen LogP contribution in [0.15, 0.2) is 53.1 Å². The highest BCUT2D eigenvalue weighted by Gasteiger charge is 2.12. The molecular weight excluding hydrogens is 346 g/mol. The summed E-state index contributed by atoms with van der Waals surface area (Å²) in [5.74, 6) is 1.55. The number of benzene rings is 2. The van der Waals surface area contributed by atoms with Gasteiger partial charge in [0.2, 0.25) is 5.89 Å². The highest BCUT2D eigenvalue weighted by molar-refractivity contribution is 6.30. The molecule has 8 heteroatoms. The number of nitrogens with one attached hydrogen (secondary N) is 1. The molecular formula is C17H14ClN3O4. The van der Waals surface area contributed by atoms with E-state index < -0.39 is 4.92 Å². The van der Waals surface area contributed by atoms with E-state index in [1.54, 1.807) is 18.3 Å². The number of halogens is 1. The largest absolute Gasteiger partial charge is 0.495 e. The summed E-state index contributed by atoms with van der Waals surface area (Å²) in [6.45, 7) is 0.255. The van der Waals surface area contributed by atoms with E-state index in [4.69, 9.17) is 20.8 Å². The second-order valence-electron chi connectivity index (χ2n) is 5.12. The molecule has 2 aromatic carbocycles. The van der Waals surface area contributed by atoms with E-state index in [1.165, 1.54) is 25.3 Å². The van der Waals surface area contributed by atoms with Crippen molar-refractivity contribution in [3.63, 3.8) is 0 Å². The molecule has 0 aliphatic heterocycles. The molecule has 0 saturated carbocycles. The van der Waals surface area contributed by atoms with Crippen molar-refractivity contribution in [3.05, 3.63) is 69.7 Å². The second kappa shape index (κ2) is 7.23. The molecule has 0 unspecified atom stereocenters. The lowest BCUT2D eigenvalue weighted by Crippen LogP contribution is -2.02. The number of nitro benzene ring substituents is 1. The fourth-order valence-corrected chi connectivity index (χ4v) is 2.38. The molecule has 0 radical (unpaired) electrons. The number of rotatable bonds is 6. The first-order valence-electron chi connectivity index (χ1n) is 7.34. The van der Waals surface area contributed by atoms with Crippen molar-refractivity contribution in [3.8, 4) is 17.1 Å². The summed E-state index contributed by atoms with van der Waals surface area (Å²) in [6.07, 6.45) is 1.62. The molecule has 0 atom stereocenters. The molecule has 1 heterocycles. The Morgan fingerprint density at radius 3 is 2.72 bits per heavy atom. The van der Waals surface area contributed by atoms with Gasteiger partial charge in [-0.05, 0) is 30.3 Å². The summed E-state index contributed by atoms with van der Waals surface area (Å²) in [5, 5.41) is 14.6. The maximum atomic E-state index is 10.9. The quantitative estimate of drug-likeness (QED) is 0.514. The van der Waals surface area contributed by atoms with Crippen LogP contribution < -0.4 is 10.1 Å². The van der Waals surface area contributed by atoms with Crippen LogP contribution in [0.4, 0.5) is 11.4 Å². The van der Waals surface area contributed by atoms with Crippen LogP contribution in [-0.4, -0.2) is 17.0 Å². The Labute approximate surface area is 148 Å². The van der Waals surface area contributed by atoms with E-state index in [1.807, 2.05) is 12.1 Å². The maximum absolute atomic E-state index is 10.9. The molecule has 25 heavy (non-hydrogen) atoms. The zero-order chi connectivity index (χ0) is 17.8. The average Bonchev–Trinajstić information content (AvgIpc) is 3.09. The molecule has 0 aliphatic carbocycles. The van der Waals surface area contributed by atoms with E-state index >= 15 is 0 Å². The number of hydrogen-bond donors (Lipinski definition) is 1. The Balaban J connectivity index is 1.75. The predicted octanol–water partition coefficient (Wildman–Crippen LogP) is 4.52. The van der Waals surface area contributed by atoms with Crippen LogP contribution in [0.3, 0.4) is 0 Å². The van der Waals surface area contributed by atoms with Gasteiger partial charge >= 0.3 is 0 Å². The van der Waals surface area contributed by atoms with Gasteiger partial charge in [-0.3, -0.25) is 10.1 Å². The average molecular weight is 360 g/mol. The van der Waals surface area contributed by atoms with Crippen LogP contribution in [0.1, 0.15) is 5.89 Å². The zero-order valence-corrected chi connectivity index (χ0v) is 14.0. The van der Waals surface area contributed by atoms with Crippen molar-refractivity contribution in [2.24, 2.45) is 0 Å². The van der Waals surface area contributed by atoms with Crippen molar-refractivity contribution in [1.82, 2.24) is 4.98 Å². The molecule has 1 N–H and O–H groups in total. The lowest BCUT2D eigenvalue weighted by atomic mass is 10.2. The van der Waals surface area contributed by atoms with Gasteiger partial charge in [-0.2, -0.15) is 0 Å². The van der Waals surface area contributed by atoms with Gasteiger partial charge in [0, 0.05) is 22.7 Å². The first-order chi connectivity index (χ1) is 12.1. The van der Waals surface area contributed by atoms with Crippen LogP contribution in [0.2, 0.25) is 5.02 Å². The molecule has 0 bridgehead atoms. The molecule has 128 valence electrons. The molecule has 0 amide bonds. The minimum Gasteiger partial charge on any atom is -0.495 e. The molecule has 0 fully saturated rings. The Morgan fingerprint density at radius 1 is 1.28 bits per heavy atom. The number of nitro groups is 1. The number of nitrogens with zero attached hydrogens (tertiary/aromatic N) is 2. The minimum absolute atomic E-state index is 0.0300. The lowest BCUT2D eigenvalue weighted by molar-refractivity contribution is -0.384. The molecule has 0 aliphatic rings. The molecule has 3 aromatic rings. The number of methoxy groups -OCH3 is 1. The zero-order valence-electron chi connectivity index (χ0n) is 13.2. The SMILES string of the molecule is COc1ccc([N+](=O)[O-])cc1NCc1ncc(-c2ccc(Cl)cc2)o1. The van der Waals surface area contributed by atoms with Crippen molar-refractivity contribution >= 4 is 23.0 Å². The second-order valence-corrected chi connectivity index (χ2v) is 5.56. The highest BCUT2D eigenvalue weighted by Crippen LogP contribution is 2.29. The molecule has 0 saturated heterocycles. The van der Waals surface area contributed by atoms with E-state index in [-0.39, 0.29) is 12.2 Å². The Morgan fingerprint density at radius 2 is 2.04 bits per heavy atom. The summed E-state index contributed by atoms with van der Waals surface area (Å²) in [6, 6.07) is 11.5. The summed E-state index contributed by atoms with van der Waals surface area (Å²) in [4.78, 5) is 14.7. The number of anilines is 1. The summed E-state index contributed by atoms with van der Waals surface area (Å²) >= 11 is 5.87. The number of aromatic nitrogens is 1. The fourth-order valence-electron chi connectivity index (χ4n) is 2.26. The topological polar surface area (TPSA) is 90.4 Å². The number of hydrogen-bond acceptors (Lipinski definition) is 6. The van der Waals surface area contributed by atoms with Crippen LogP contribution >= 0.6 is 11.6 Å². The maximum Gasteiger partial charge on any atom is 0.271 e. The van der Waals surface area contributed by atoms with Crippen LogP contribution in [0.5, 0.6) is 5.75 Å². The number of oxazole rings is 1. The standard InChI is InChI=1S/C17H14ClN3O4/c1-24-15-7-6-13(21(22)23)8-14(15)19-10-17-20-9-16(25-17)11-2-4-12(18)5-3-11/h2-9,19H,10H2,1H3. The highest BCUT2D eigenvalue weighted by atomic mass is 35.5. The van der Waals surface area contributed by atoms with Gasteiger partial charge in [0.25, 0.3) is 5.69 Å². The lowest BCUT2D eigenvalue weighted by Gasteiger charge is -2.09. The van der Waals surface area contributed by atoms with E-state index in [2.05, 4.69) is 10.3 Å². The van der Waals surface area contributed by atoms with Crippen molar-refractivity contribution < 1.29 is 14.1 Å². The number of ether oxygens (including phenoxy) is 1. The van der Waals surface area contributed by atoms with Crippen molar-refractivity contribution in [2.45, 2.75) is 6.54 Å². The van der Waals surface area contributed by atoms with E-state index in [0.717, 1.165) is 5.56 Å². The third kappa shape index (κ3) is 3.89. The summed E-state index contributed by atoms with van der Waals surface area (Å²) < 4.78 is 10.9. The summed E-state index contributed by atoms with van der Waals surface area (Å²) in [5.41, 5.74) is 1.32. The van der Waals surface area contributed by atoms with Crippen molar-refractivity contribution in [1.29, 1.82) is 0 Å². The normalized spacial score (nSPS) is 10.5. The molecule has 3 rings (SSSR count). The Hall–Kier alpha value is -3.06. The molecule has 7 nitrogen and oxygen atoms in total. The van der Waals surface area contributed by atoms with Crippen LogP contribution in [-0.2, 0) is 6.54 Å². The van der Waals surface area contributed by atoms with Crippen LogP contribution in [0, 0.1) is 10.1 Å². The van der Waals surface area contributed by atoms with Gasteiger partial charge in [0.15, 0.2) is 5.76 Å². The van der Waals surface area contributed by atoms with Crippen LogP contribution in [0.25, 0.3) is 11.3 Å². The number of non-ortho nitro benzene ring substituents is 1. The minimum atomic E-state index is -0.464. The van der Waals surface area contributed by atoms with Gasteiger partial charge in [0.1, 0.15) is 5.75 Å². The first-order valence-corrected chi connectivity index (χ1v) is 7.71. The monoisotopic (exact) mass is 359 g/mol. The van der Waals surface area contributed by atoms with Gasteiger partial charge in [0.05, 0.1) is 30.5 Å². The van der Waals surface area contributed by atoms with E-state index in [0.29, 0.717) is 28.1 Å². The first kappa shape index (κ1) is 16.8. The van der Waals surface area contributed by atoms with Gasteiger partial charge < -0.3 is 14.5 Å². The Kier molecular flexibility index (Phi) is 4.85. The third-order valence-corrected chi connectivity index (χ3v) is 3.76. The molecule has 0 spiro atoms. The smallest absolute Gasteiger partial charge is 0.271 e. The van der Waals surface area contributed by atoms with E-state index in [9.17, 15) is 10.1 Å². The molecule has 1 aromatic heterocycles. The van der Waals surface area contributed by atoms with Gasteiger partial charge in [-0.1, -0.05) is 11.6 Å². The third-order valence-electron chi connectivity index (χ3n) is 3.51. The fraction of sp³-hybridized carbons (Fsp3) is 0.118. The van der Waals surface area contributed by atoms with Gasteiger partial charge in [-0.15, -0.1) is 0 Å².